The summed E-state index contributed by atoms with van der Waals surface area (Å²) in [5, 5.41) is 10.6. The Kier molecular flexibility index (Phi) is 3.83. The zero-order valence-electron chi connectivity index (χ0n) is 12.0. The lowest BCUT2D eigenvalue weighted by Gasteiger charge is -2.09. The van der Waals surface area contributed by atoms with Crippen LogP contribution in [-0.4, -0.2) is 37.3 Å². The molecule has 1 aromatic carbocycles. The lowest BCUT2D eigenvalue weighted by molar-refractivity contribution is -0.120. The van der Waals surface area contributed by atoms with Gasteiger partial charge in [0.15, 0.2) is 5.16 Å². The summed E-state index contributed by atoms with van der Waals surface area (Å²) in [5.74, 6) is 0.724. The fourth-order valence-electron chi connectivity index (χ4n) is 2.13. The number of fused-ring (bicyclic) bond motifs is 3. The van der Waals surface area contributed by atoms with Crippen molar-refractivity contribution in [1.82, 2.24) is 24.9 Å². The van der Waals surface area contributed by atoms with Crippen molar-refractivity contribution in [2.24, 2.45) is 0 Å². The third-order valence-corrected chi connectivity index (χ3v) is 4.26. The second-order valence-electron chi connectivity index (χ2n) is 4.82. The van der Waals surface area contributed by atoms with Crippen molar-refractivity contribution in [1.29, 1.82) is 0 Å². The van der Waals surface area contributed by atoms with Crippen LogP contribution in [-0.2, 0) is 4.79 Å². The van der Waals surface area contributed by atoms with Crippen molar-refractivity contribution in [3.05, 3.63) is 24.3 Å². The maximum atomic E-state index is 12.0. The van der Waals surface area contributed by atoms with E-state index in [1.54, 1.807) is 0 Å². The van der Waals surface area contributed by atoms with Gasteiger partial charge in [-0.25, -0.2) is 10.1 Å². The topological polar surface area (TPSA) is 75.1 Å². The molecule has 3 rings (SSSR count). The zero-order chi connectivity index (χ0) is 14.8. The van der Waals surface area contributed by atoms with Crippen LogP contribution in [0.15, 0.2) is 29.4 Å². The average Bonchev–Trinajstić information content (AvgIpc) is 3.04. The van der Waals surface area contributed by atoms with E-state index in [0.717, 1.165) is 22.6 Å². The highest BCUT2D eigenvalue weighted by atomic mass is 32.2. The smallest absolute Gasteiger partial charge is 0.233 e. The molecule has 0 fully saturated rings. The molecular formula is C14H17N5OS. The quantitative estimate of drug-likeness (QED) is 0.709. The van der Waals surface area contributed by atoms with Gasteiger partial charge >= 0.3 is 0 Å². The number of carbonyl (C=O) groups is 1. The van der Waals surface area contributed by atoms with Crippen LogP contribution in [0.2, 0.25) is 0 Å². The maximum Gasteiger partial charge on any atom is 0.233 e. The van der Waals surface area contributed by atoms with Gasteiger partial charge in [0.25, 0.3) is 0 Å². The highest BCUT2D eigenvalue weighted by molar-refractivity contribution is 8.00. The van der Waals surface area contributed by atoms with Gasteiger partial charge in [-0.2, -0.15) is 0 Å². The molecule has 1 unspecified atom stereocenters. The number of hydrogen-bond donors (Lipinski definition) is 2. The van der Waals surface area contributed by atoms with Crippen LogP contribution in [0.1, 0.15) is 20.3 Å². The Labute approximate surface area is 126 Å². The second kappa shape index (κ2) is 5.77. The number of benzene rings is 1. The summed E-state index contributed by atoms with van der Waals surface area (Å²) >= 11 is 1.43. The van der Waals surface area contributed by atoms with Crippen molar-refractivity contribution in [2.45, 2.75) is 30.7 Å². The molecule has 2 N–H and O–H groups in total. The van der Waals surface area contributed by atoms with Gasteiger partial charge < -0.3 is 5.32 Å². The Hall–Kier alpha value is -2.02. The zero-order valence-corrected chi connectivity index (χ0v) is 12.8. The predicted octanol–water partition coefficient (Wildman–Crippen LogP) is 2.22. The van der Waals surface area contributed by atoms with Crippen LogP contribution in [0.4, 0.5) is 0 Å². The maximum absolute atomic E-state index is 12.0. The lowest BCUT2D eigenvalue weighted by atomic mass is 10.3. The number of para-hydroxylation sites is 2. The molecule has 2 aromatic heterocycles. The Bertz CT molecular complexity index is 778. The molecule has 2 heterocycles. The van der Waals surface area contributed by atoms with E-state index in [2.05, 4.69) is 20.5 Å². The summed E-state index contributed by atoms with van der Waals surface area (Å²) in [6, 6.07) is 7.88. The minimum absolute atomic E-state index is 0.0300. The Balaban J connectivity index is 1.88. The molecule has 3 aromatic rings. The molecule has 110 valence electrons. The standard InChI is InChI=1S/C14H17N5OS/c1-3-8-15-12(20)9(2)21-14-18-17-13-16-10-6-4-5-7-11(10)19(13)14/h4-7,9H,3,8H2,1-2H3,(H,15,20)(H,16,17). The van der Waals surface area contributed by atoms with Gasteiger partial charge in [-0.1, -0.05) is 30.8 Å². The molecule has 1 amide bonds. The van der Waals surface area contributed by atoms with E-state index in [-0.39, 0.29) is 11.2 Å². The summed E-state index contributed by atoms with van der Waals surface area (Å²) in [6.45, 7) is 4.62. The first-order valence-electron chi connectivity index (χ1n) is 6.96. The molecule has 0 bridgehead atoms. The molecule has 7 heteroatoms. The van der Waals surface area contributed by atoms with Crippen molar-refractivity contribution >= 4 is 34.5 Å². The molecule has 0 saturated heterocycles. The summed E-state index contributed by atoms with van der Waals surface area (Å²) in [5.41, 5.74) is 1.90. The van der Waals surface area contributed by atoms with E-state index in [4.69, 9.17) is 0 Å². The van der Waals surface area contributed by atoms with E-state index in [1.165, 1.54) is 11.8 Å². The van der Waals surface area contributed by atoms with Gasteiger partial charge in [-0.15, -0.1) is 5.10 Å². The number of hydrogen-bond acceptors (Lipinski definition) is 4. The number of aromatic nitrogens is 4. The molecule has 6 nitrogen and oxygen atoms in total. The number of rotatable bonds is 5. The fourth-order valence-corrected chi connectivity index (χ4v) is 3.02. The normalized spacial score (nSPS) is 12.9. The summed E-state index contributed by atoms with van der Waals surface area (Å²) < 4.78 is 1.95. The monoisotopic (exact) mass is 303 g/mol. The Morgan fingerprint density at radius 2 is 2.29 bits per heavy atom. The summed E-state index contributed by atoms with van der Waals surface area (Å²) in [7, 11) is 0. The fraction of sp³-hybridized carbons (Fsp3) is 0.357. The van der Waals surface area contributed by atoms with Crippen LogP contribution in [0.25, 0.3) is 16.8 Å². The number of thioether (sulfide) groups is 1. The third kappa shape index (κ3) is 2.61. The minimum atomic E-state index is -0.204. The van der Waals surface area contributed by atoms with Gasteiger partial charge in [0.1, 0.15) is 0 Å². The molecule has 0 spiro atoms. The molecular weight excluding hydrogens is 286 g/mol. The molecule has 21 heavy (non-hydrogen) atoms. The lowest BCUT2D eigenvalue weighted by Crippen LogP contribution is -2.31. The number of imidazole rings is 1. The molecule has 0 saturated carbocycles. The number of amides is 1. The summed E-state index contributed by atoms with van der Waals surface area (Å²) in [6.07, 6.45) is 0.932. The first-order valence-corrected chi connectivity index (χ1v) is 7.84. The third-order valence-electron chi connectivity index (χ3n) is 3.20. The first kappa shape index (κ1) is 13.9. The summed E-state index contributed by atoms with van der Waals surface area (Å²) in [4.78, 5) is 16.4. The molecule has 0 radical (unpaired) electrons. The van der Waals surface area contributed by atoms with Crippen LogP contribution < -0.4 is 5.32 Å². The van der Waals surface area contributed by atoms with Crippen LogP contribution in [0, 0.1) is 0 Å². The van der Waals surface area contributed by atoms with Gasteiger partial charge in [0, 0.05) is 6.54 Å². The van der Waals surface area contributed by atoms with Crippen LogP contribution in [0.5, 0.6) is 0 Å². The van der Waals surface area contributed by atoms with Gasteiger partial charge in [0.2, 0.25) is 11.7 Å². The molecule has 0 aliphatic rings. The van der Waals surface area contributed by atoms with Crippen LogP contribution in [0.3, 0.4) is 0 Å². The minimum Gasteiger partial charge on any atom is -0.355 e. The number of H-pyrrole nitrogens is 1. The number of carbonyl (C=O) groups excluding carboxylic acids is 1. The van der Waals surface area contributed by atoms with Gasteiger partial charge in [-0.05, 0) is 25.5 Å². The van der Waals surface area contributed by atoms with Crippen molar-refractivity contribution < 1.29 is 4.79 Å². The average molecular weight is 303 g/mol. The van der Waals surface area contributed by atoms with E-state index in [0.29, 0.717) is 12.3 Å². The van der Waals surface area contributed by atoms with Crippen molar-refractivity contribution in [3.8, 4) is 0 Å². The Morgan fingerprint density at radius 3 is 3.10 bits per heavy atom. The predicted molar refractivity (Wildman–Crippen MR) is 83.5 cm³/mol. The number of nitrogens with zero attached hydrogens (tertiary/aromatic N) is 3. The van der Waals surface area contributed by atoms with E-state index < -0.39 is 0 Å². The first-order chi connectivity index (χ1) is 10.2. The SMILES string of the molecule is CCCNC(=O)C(C)Sc1n[nH]c2nc3ccccc3n12. The van der Waals surface area contributed by atoms with E-state index in [1.807, 2.05) is 42.5 Å². The molecule has 0 aliphatic carbocycles. The highest BCUT2D eigenvalue weighted by Crippen LogP contribution is 2.25. The number of nitrogens with one attached hydrogen (secondary N) is 2. The Morgan fingerprint density at radius 1 is 1.48 bits per heavy atom. The van der Waals surface area contributed by atoms with Crippen molar-refractivity contribution in [3.63, 3.8) is 0 Å². The number of aromatic amines is 1. The second-order valence-corrected chi connectivity index (χ2v) is 6.12. The van der Waals surface area contributed by atoms with E-state index >= 15 is 0 Å². The van der Waals surface area contributed by atoms with Gasteiger partial charge in [-0.3, -0.25) is 9.20 Å². The largest absolute Gasteiger partial charge is 0.355 e. The van der Waals surface area contributed by atoms with Gasteiger partial charge in [0.05, 0.1) is 16.3 Å². The van der Waals surface area contributed by atoms with E-state index in [9.17, 15) is 4.79 Å². The highest BCUT2D eigenvalue weighted by Gasteiger charge is 2.19. The molecule has 0 aliphatic heterocycles. The van der Waals surface area contributed by atoms with Crippen LogP contribution >= 0.6 is 11.8 Å². The molecule has 1 atom stereocenters. The van der Waals surface area contributed by atoms with Crippen molar-refractivity contribution in [2.75, 3.05) is 6.54 Å².